The molecule has 30 heavy (non-hydrogen) atoms. The molecule has 2 heterocycles. The van der Waals surface area contributed by atoms with E-state index in [1.54, 1.807) is 7.05 Å². The van der Waals surface area contributed by atoms with E-state index in [4.69, 9.17) is 4.74 Å². The lowest BCUT2D eigenvalue weighted by Gasteiger charge is -2.31. The smallest absolute Gasteiger partial charge is 0.361 e. The van der Waals surface area contributed by atoms with Crippen molar-refractivity contribution in [3.05, 3.63) is 12.7 Å². The van der Waals surface area contributed by atoms with Crippen LogP contribution in [0.25, 0.3) is 11.2 Å². The molecule has 4 atom stereocenters. The molecule has 0 aliphatic heterocycles. The van der Waals surface area contributed by atoms with Gasteiger partial charge in [-0.25, -0.2) is 19.3 Å². The Morgan fingerprint density at radius 1 is 1.33 bits per heavy atom. The van der Waals surface area contributed by atoms with Crippen molar-refractivity contribution >= 4 is 24.6 Å². The average Bonchev–Trinajstić information content (AvgIpc) is 3.06. The summed E-state index contributed by atoms with van der Waals surface area (Å²) < 4.78 is 38.1. The van der Waals surface area contributed by atoms with Crippen molar-refractivity contribution in [3.8, 4) is 0 Å². The molecule has 0 aliphatic rings. The van der Waals surface area contributed by atoms with E-state index in [1.165, 1.54) is 17.2 Å². The maximum atomic E-state index is 14.6. The van der Waals surface area contributed by atoms with Crippen LogP contribution in [0.1, 0.15) is 33.4 Å². The summed E-state index contributed by atoms with van der Waals surface area (Å²) in [4.78, 5) is 22.0. The number of halogens is 1. The first kappa shape index (κ1) is 24.5. The number of nitrogens with one attached hydrogen (secondary N) is 1. The van der Waals surface area contributed by atoms with Gasteiger partial charge in [-0.05, 0) is 20.8 Å². The Balaban J connectivity index is 2.17. The van der Waals surface area contributed by atoms with Gasteiger partial charge < -0.3 is 30.3 Å². The molecule has 2 rings (SSSR count). The lowest BCUT2D eigenvalue weighted by Crippen LogP contribution is -2.33. The fourth-order valence-corrected chi connectivity index (χ4v) is 3.30. The zero-order valence-electron chi connectivity index (χ0n) is 17.1. The molecule has 2 aromatic rings. The van der Waals surface area contributed by atoms with E-state index in [1.807, 2.05) is 0 Å². The van der Waals surface area contributed by atoms with Gasteiger partial charge in [0, 0.05) is 13.5 Å². The van der Waals surface area contributed by atoms with Crippen LogP contribution in [0.4, 0.5) is 10.2 Å². The summed E-state index contributed by atoms with van der Waals surface area (Å²) in [5.74, 6) is -2.18. The number of hydrogen-bond donors (Lipinski definition) is 5. The van der Waals surface area contributed by atoms with Crippen LogP contribution in [0.3, 0.4) is 0 Å². The van der Waals surface area contributed by atoms with Gasteiger partial charge in [-0.1, -0.05) is 0 Å². The summed E-state index contributed by atoms with van der Waals surface area (Å²) in [5, 5.41) is 29.9. The van der Waals surface area contributed by atoms with Crippen LogP contribution in [-0.2, 0) is 13.8 Å². The number of alkyl halides is 1. The van der Waals surface area contributed by atoms with Crippen LogP contribution in [-0.4, -0.2) is 77.3 Å². The molecular weight excluding hydrogens is 424 g/mol. The lowest BCUT2D eigenvalue weighted by molar-refractivity contribution is -0.127. The van der Waals surface area contributed by atoms with Crippen LogP contribution in [0, 0.1) is 0 Å². The summed E-state index contributed by atoms with van der Waals surface area (Å²) in [5.41, 5.74) is 0.691. The van der Waals surface area contributed by atoms with Crippen LogP contribution >= 0.6 is 7.60 Å². The van der Waals surface area contributed by atoms with E-state index in [0.717, 1.165) is 20.8 Å². The van der Waals surface area contributed by atoms with E-state index >= 15 is 0 Å². The molecule has 0 saturated carbocycles. The van der Waals surface area contributed by atoms with Crippen molar-refractivity contribution in [2.45, 2.75) is 50.7 Å². The zero-order valence-corrected chi connectivity index (χ0v) is 18.0. The zero-order chi connectivity index (χ0) is 22.7. The summed E-state index contributed by atoms with van der Waals surface area (Å²) in [6.07, 6.45) is -0.499. The number of anilines is 1. The molecule has 0 fully saturated rings. The van der Waals surface area contributed by atoms with Gasteiger partial charge in [0.2, 0.25) is 5.85 Å². The van der Waals surface area contributed by atoms with Crippen molar-refractivity contribution < 1.29 is 38.4 Å². The summed E-state index contributed by atoms with van der Waals surface area (Å²) in [6.45, 7) is 1.94. The number of nitrogens with zero attached hydrogens (tertiary/aromatic N) is 4. The van der Waals surface area contributed by atoms with Crippen molar-refractivity contribution in [1.29, 1.82) is 0 Å². The quantitative estimate of drug-likeness (QED) is 0.305. The molecule has 14 heteroatoms. The van der Waals surface area contributed by atoms with E-state index in [2.05, 4.69) is 24.8 Å². The predicted molar refractivity (Wildman–Crippen MR) is 104 cm³/mol. The molecule has 0 amide bonds. The van der Waals surface area contributed by atoms with E-state index < -0.39 is 44.2 Å². The lowest BCUT2D eigenvalue weighted by atomic mass is 10.2. The van der Waals surface area contributed by atoms with E-state index in [-0.39, 0.29) is 6.61 Å². The highest BCUT2D eigenvalue weighted by atomic mass is 31.2. The Kier molecular flexibility index (Phi) is 7.51. The summed E-state index contributed by atoms with van der Waals surface area (Å²) >= 11 is 0. The second kappa shape index (κ2) is 9.18. The second-order valence-corrected chi connectivity index (χ2v) is 9.58. The Labute approximate surface area is 172 Å². The number of aliphatic hydroxyl groups excluding tert-OH is 2. The van der Waals surface area contributed by atoms with E-state index in [0.29, 0.717) is 17.0 Å². The third-order valence-electron chi connectivity index (χ3n) is 4.23. The number of imidazole rings is 1. The molecule has 0 bridgehead atoms. The van der Waals surface area contributed by atoms with Crippen LogP contribution in [0.5, 0.6) is 0 Å². The molecule has 0 saturated heterocycles. The number of hydrogen-bond acceptors (Lipinski definition) is 10. The Bertz CT molecular complexity index is 904. The minimum atomic E-state index is -4.68. The number of fused-ring (bicyclic) bond motifs is 1. The van der Waals surface area contributed by atoms with Gasteiger partial charge >= 0.3 is 7.60 Å². The molecule has 0 spiro atoms. The van der Waals surface area contributed by atoms with Crippen molar-refractivity contribution in [3.63, 3.8) is 0 Å². The van der Waals surface area contributed by atoms with Gasteiger partial charge in [0.25, 0.3) is 0 Å². The Hall–Kier alpha value is -1.73. The van der Waals surface area contributed by atoms with Gasteiger partial charge in [0.1, 0.15) is 17.9 Å². The number of ether oxygens (including phenoxy) is 1. The highest BCUT2D eigenvalue weighted by Gasteiger charge is 2.45. The third kappa shape index (κ3) is 5.49. The molecule has 2 aromatic heterocycles. The van der Waals surface area contributed by atoms with Crippen LogP contribution < -0.4 is 5.32 Å². The van der Waals surface area contributed by atoms with Crippen molar-refractivity contribution in [1.82, 2.24) is 19.5 Å². The fourth-order valence-electron chi connectivity index (χ4n) is 2.47. The largest absolute Gasteiger partial charge is 0.394 e. The van der Waals surface area contributed by atoms with Crippen LogP contribution in [0.2, 0.25) is 0 Å². The number of rotatable bonds is 11. The van der Waals surface area contributed by atoms with Crippen molar-refractivity contribution in [2.24, 2.45) is 0 Å². The van der Waals surface area contributed by atoms with Crippen molar-refractivity contribution in [2.75, 3.05) is 25.6 Å². The van der Waals surface area contributed by atoms with Gasteiger partial charge in [-0.3, -0.25) is 13.7 Å². The van der Waals surface area contributed by atoms with Gasteiger partial charge in [-0.2, -0.15) is 0 Å². The number of aliphatic hydroxyl groups is 3. The highest BCUT2D eigenvalue weighted by Crippen LogP contribution is 2.56. The highest BCUT2D eigenvalue weighted by molar-refractivity contribution is 7.54. The first-order chi connectivity index (χ1) is 13.8. The third-order valence-corrected chi connectivity index (χ3v) is 6.24. The Morgan fingerprint density at radius 2 is 2.00 bits per heavy atom. The second-order valence-electron chi connectivity index (χ2n) is 7.27. The molecule has 2 unspecified atom stereocenters. The topological polar surface area (TPSA) is 172 Å². The van der Waals surface area contributed by atoms with E-state index in [9.17, 15) is 29.2 Å². The first-order valence-corrected chi connectivity index (χ1v) is 10.6. The normalized spacial score (nSPS) is 18.6. The maximum absolute atomic E-state index is 14.6. The van der Waals surface area contributed by atoms with Gasteiger partial charge in [0.15, 0.2) is 23.0 Å². The monoisotopic (exact) mass is 451 g/mol. The molecule has 0 radical (unpaired) electrons. The predicted octanol–water partition coefficient (Wildman–Crippen LogP) is 0.743. The Morgan fingerprint density at radius 3 is 2.57 bits per heavy atom. The maximum Gasteiger partial charge on any atom is 0.361 e. The summed E-state index contributed by atoms with van der Waals surface area (Å²) in [7, 11) is -3.03. The SMILES string of the molecule is CNc1ncnc2c1ncn2[C@H](OCCC(C)(F)OP(=O)(O)C(C)(C)O)[C@H](O)CO. The molecule has 5 N–H and O–H groups in total. The molecule has 0 aromatic carbocycles. The standard InChI is InChI=1S/C16H27FN5O7P/c1-15(2,25)30(26,27)29-16(3,17)5-6-28-14(10(24)7-23)22-9-21-11-12(18-4)19-8-20-13(11)22/h8-10,14,23-25H,5-7H2,1-4H3,(H,26,27)(H,18,19,20)/t10-,14-,16?/m1/s1. The molecule has 12 nitrogen and oxygen atoms in total. The first-order valence-electron chi connectivity index (χ1n) is 9.03. The molecule has 0 aliphatic carbocycles. The minimum absolute atomic E-state index is 0.299. The average molecular weight is 451 g/mol. The van der Waals surface area contributed by atoms with Gasteiger partial charge in [0.05, 0.1) is 19.5 Å². The fraction of sp³-hybridized carbons (Fsp3) is 0.688. The molecular formula is C16H27FN5O7P. The summed E-state index contributed by atoms with van der Waals surface area (Å²) in [6, 6.07) is 0. The molecule has 170 valence electrons. The van der Waals surface area contributed by atoms with Crippen LogP contribution in [0.15, 0.2) is 12.7 Å². The van der Waals surface area contributed by atoms with Gasteiger partial charge in [-0.15, -0.1) is 0 Å². The number of aromatic nitrogens is 4. The minimum Gasteiger partial charge on any atom is -0.394 e.